The van der Waals surface area contributed by atoms with Gasteiger partial charge in [-0.1, -0.05) is 12.1 Å². The third kappa shape index (κ3) is 3.99. The molecule has 170 valence electrons. The Hall–Kier alpha value is -3.26. The molecule has 1 saturated heterocycles. The van der Waals surface area contributed by atoms with Crippen molar-refractivity contribution in [1.29, 1.82) is 0 Å². The van der Waals surface area contributed by atoms with Crippen molar-refractivity contribution >= 4 is 39.7 Å². The molecule has 4 aromatic rings. The first-order valence-electron chi connectivity index (χ1n) is 11.3. The van der Waals surface area contributed by atoms with Gasteiger partial charge in [-0.3, -0.25) is 9.59 Å². The van der Waals surface area contributed by atoms with Crippen molar-refractivity contribution in [2.75, 3.05) is 26.2 Å². The van der Waals surface area contributed by atoms with Crippen LogP contribution >= 0.6 is 11.3 Å². The van der Waals surface area contributed by atoms with Crippen LogP contribution in [0.5, 0.6) is 0 Å². The SMILES string of the molecule is Cc1ccc(C(=O)N2CCN(C(=O)CCc3c(C)nc4c5ccccc5nn4c3C)CC2)s1. The van der Waals surface area contributed by atoms with Gasteiger partial charge in [-0.05, 0) is 57.0 Å². The first kappa shape index (κ1) is 21.6. The van der Waals surface area contributed by atoms with Gasteiger partial charge < -0.3 is 9.80 Å². The largest absolute Gasteiger partial charge is 0.339 e. The maximum absolute atomic E-state index is 12.9. The smallest absolute Gasteiger partial charge is 0.264 e. The summed E-state index contributed by atoms with van der Waals surface area (Å²) in [7, 11) is 0. The molecule has 0 radical (unpaired) electrons. The molecule has 1 aliphatic rings. The fraction of sp³-hybridized carbons (Fsp3) is 0.360. The summed E-state index contributed by atoms with van der Waals surface area (Å²) in [6, 6.07) is 11.9. The molecule has 1 aromatic carbocycles. The zero-order valence-corrected chi connectivity index (χ0v) is 20.0. The van der Waals surface area contributed by atoms with E-state index in [1.54, 1.807) is 0 Å². The number of piperazine rings is 1. The highest BCUT2D eigenvalue weighted by Crippen LogP contribution is 2.23. The second-order valence-electron chi connectivity index (χ2n) is 8.60. The van der Waals surface area contributed by atoms with Gasteiger partial charge in [-0.2, -0.15) is 5.10 Å². The molecule has 8 heteroatoms. The standard InChI is InChI=1S/C25H27N5O2S/c1-16-8-10-22(33-16)25(32)29-14-12-28(13-15-29)23(31)11-9-19-17(2)26-24-20-6-4-5-7-21(20)27-30(24)18(19)3/h4-8,10H,9,11-15H2,1-3H3. The first-order chi connectivity index (χ1) is 15.9. The van der Waals surface area contributed by atoms with Gasteiger partial charge in [0.1, 0.15) is 0 Å². The van der Waals surface area contributed by atoms with E-state index in [1.165, 1.54) is 11.3 Å². The summed E-state index contributed by atoms with van der Waals surface area (Å²) in [5.74, 6) is 0.191. The van der Waals surface area contributed by atoms with Gasteiger partial charge in [-0.15, -0.1) is 11.3 Å². The number of nitrogens with zero attached hydrogens (tertiary/aromatic N) is 5. The molecule has 5 rings (SSSR count). The summed E-state index contributed by atoms with van der Waals surface area (Å²) in [6.45, 7) is 8.36. The number of amides is 2. The van der Waals surface area contributed by atoms with E-state index in [2.05, 4.69) is 0 Å². The van der Waals surface area contributed by atoms with E-state index in [4.69, 9.17) is 10.1 Å². The van der Waals surface area contributed by atoms with Crippen LogP contribution in [0.2, 0.25) is 0 Å². The van der Waals surface area contributed by atoms with Crippen molar-refractivity contribution in [2.24, 2.45) is 0 Å². The van der Waals surface area contributed by atoms with E-state index in [9.17, 15) is 9.59 Å². The molecular weight excluding hydrogens is 434 g/mol. The van der Waals surface area contributed by atoms with Crippen LogP contribution in [0, 0.1) is 20.8 Å². The zero-order valence-electron chi connectivity index (χ0n) is 19.2. The quantitative estimate of drug-likeness (QED) is 0.464. The van der Waals surface area contributed by atoms with Crippen LogP contribution in [-0.4, -0.2) is 62.4 Å². The summed E-state index contributed by atoms with van der Waals surface area (Å²) in [5, 5.41) is 5.75. The van der Waals surface area contributed by atoms with Crippen LogP contribution in [0.15, 0.2) is 36.4 Å². The number of aryl methyl sites for hydroxylation is 3. The zero-order chi connectivity index (χ0) is 23.1. The second-order valence-corrected chi connectivity index (χ2v) is 9.88. The molecule has 0 N–H and O–H groups in total. The molecule has 4 heterocycles. The molecular formula is C25H27N5O2S. The number of carbonyl (C=O) groups is 2. The summed E-state index contributed by atoms with van der Waals surface area (Å²) >= 11 is 1.52. The highest BCUT2D eigenvalue weighted by Gasteiger charge is 2.26. The average Bonchev–Trinajstić information content (AvgIpc) is 3.42. The number of hydrogen-bond donors (Lipinski definition) is 0. The van der Waals surface area contributed by atoms with Crippen LogP contribution in [0.4, 0.5) is 0 Å². The monoisotopic (exact) mass is 461 g/mol. The average molecular weight is 462 g/mol. The maximum atomic E-state index is 12.9. The van der Waals surface area contributed by atoms with Gasteiger partial charge in [0, 0.05) is 54.3 Å². The summed E-state index contributed by atoms with van der Waals surface area (Å²) in [6.07, 6.45) is 1.05. The van der Waals surface area contributed by atoms with Gasteiger partial charge in [-0.25, -0.2) is 9.50 Å². The Morgan fingerprint density at radius 1 is 0.970 bits per heavy atom. The summed E-state index contributed by atoms with van der Waals surface area (Å²) < 4.78 is 1.90. The van der Waals surface area contributed by atoms with Crippen LogP contribution in [0.25, 0.3) is 16.6 Å². The fourth-order valence-corrected chi connectivity index (χ4v) is 5.43. The Morgan fingerprint density at radius 2 is 1.70 bits per heavy atom. The lowest BCUT2D eigenvalue weighted by atomic mass is 10.1. The molecule has 0 saturated carbocycles. The molecule has 3 aromatic heterocycles. The molecule has 7 nitrogen and oxygen atoms in total. The third-order valence-corrected chi connectivity index (χ3v) is 7.47. The lowest BCUT2D eigenvalue weighted by Crippen LogP contribution is -2.50. The molecule has 0 spiro atoms. The molecule has 1 aliphatic heterocycles. The predicted molar refractivity (Wildman–Crippen MR) is 130 cm³/mol. The molecule has 0 atom stereocenters. The topological polar surface area (TPSA) is 70.8 Å². The van der Waals surface area contributed by atoms with Gasteiger partial charge in [0.15, 0.2) is 5.65 Å². The number of aromatic nitrogens is 3. The highest BCUT2D eigenvalue weighted by atomic mass is 32.1. The highest BCUT2D eigenvalue weighted by molar-refractivity contribution is 7.13. The molecule has 0 bridgehead atoms. The number of benzene rings is 1. The van der Waals surface area contributed by atoms with Crippen molar-refractivity contribution in [3.05, 3.63) is 63.1 Å². The van der Waals surface area contributed by atoms with Gasteiger partial charge in [0.05, 0.1) is 10.4 Å². The van der Waals surface area contributed by atoms with E-state index in [0.717, 1.165) is 43.3 Å². The lowest BCUT2D eigenvalue weighted by molar-refractivity contribution is -0.132. The van der Waals surface area contributed by atoms with Crippen molar-refractivity contribution in [1.82, 2.24) is 24.4 Å². The van der Waals surface area contributed by atoms with E-state index >= 15 is 0 Å². The number of thiophene rings is 1. The maximum Gasteiger partial charge on any atom is 0.264 e. The third-order valence-electron chi connectivity index (χ3n) is 6.48. The Morgan fingerprint density at radius 3 is 2.42 bits per heavy atom. The second kappa shape index (κ2) is 8.59. The van der Waals surface area contributed by atoms with E-state index in [-0.39, 0.29) is 11.8 Å². The molecule has 1 fully saturated rings. The number of carbonyl (C=O) groups excluding carboxylic acids is 2. The van der Waals surface area contributed by atoms with Crippen molar-refractivity contribution < 1.29 is 9.59 Å². The Labute approximate surface area is 196 Å². The summed E-state index contributed by atoms with van der Waals surface area (Å²) in [5.41, 5.74) is 4.83. The van der Waals surface area contributed by atoms with Gasteiger partial charge in [0.2, 0.25) is 5.91 Å². The normalized spacial score (nSPS) is 14.4. The Kier molecular flexibility index (Phi) is 5.62. The minimum Gasteiger partial charge on any atom is -0.339 e. The minimum absolute atomic E-state index is 0.0671. The number of hydrogen-bond acceptors (Lipinski definition) is 5. The number of fused-ring (bicyclic) bond motifs is 3. The van der Waals surface area contributed by atoms with Crippen molar-refractivity contribution in [3.8, 4) is 0 Å². The molecule has 0 aliphatic carbocycles. The van der Waals surface area contributed by atoms with Crippen molar-refractivity contribution in [2.45, 2.75) is 33.6 Å². The van der Waals surface area contributed by atoms with E-state index in [0.29, 0.717) is 39.0 Å². The fourth-order valence-electron chi connectivity index (χ4n) is 4.59. The number of rotatable bonds is 4. The molecule has 33 heavy (non-hydrogen) atoms. The first-order valence-corrected chi connectivity index (χ1v) is 12.1. The van der Waals surface area contributed by atoms with Crippen LogP contribution in [-0.2, 0) is 11.2 Å². The predicted octanol–water partition coefficient (Wildman–Crippen LogP) is 3.79. The van der Waals surface area contributed by atoms with Crippen LogP contribution < -0.4 is 0 Å². The summed E-state index contributed by atoms with van der Waals surface area (Å²) in [4.78, 5) is 36.0. The molecule has 0 unspecified atom stereocenters. The van der Waals surface area contributed by atoms with Crippen LogP contribution in [0.3, 0.4) is 0 Å². The Balaban J connectivity index is 1.24. The minimum atomic E-state index is 0.0671. The van der Waals surface area contributed by atoms with Gasteiger partial charge in [0.25, 0.3) is 5.91 Å². The Bertz CT molecular complexity index is 1360. The molecule has 2 amide bonds. The lowest BCUT2D eigenvalue weighted by Gasteiger charge is -2.34. The van der Waals surface area contributed by atoms with E-state index < -0.39 is 0 Å². The van der Waals surface area contributed by atoms with E-state index in [1.807, 2.05) is 71.5 Å². The van der Waals surface area contributed by atoms with Crippen molar-refractivity contribution in [3.63, 3.8) is 0 Å². The van der Waals surface area contributed by atoms with Gasteiger partial charge >= 0.3 is 0 Å². The van der Waals surface area contributed by atoms with Crippen LogP contribution in [0.1, 0.15) is 37.9 Å².